The van der Waals surface area contributed by atoms with Gasteiger partial charge in [0, 0.05) is 48.3 Å². The number of carbonyl (C=O) groups is 1. The van der Waals surface area contributed by atoms with Crippen molar-refractivity contribution in [3.63, 3.8) is 0 Å². The van der Waals surface area contributed by atoms with Crippen LogP contribution in [0.15, 0.2) is 34.8 Å². The molecule has 0 spiro atoms. The minimum Gasteiger partial charge on any atom is -0.481 e. The van der Waals surface area contributed by atoms with Crippen molar-refractivity contribution >= 4 is 27.7 Å². The van der Waals surface area contributed by atoms with Gasteiger partial charge in [-0.05, 0) is 38.1 Å². The van der Waals surface area contributed by atoms with Gasteiger partial charge in [-0.1, -0.05) is 29.8 Å². The zero-order valence-electron chi connectivity index (χ0n) is 16.9. The van der Waals surface area contributed by atoms with Crippen molar-refractivity contribution < 1.29 is 9.53 Å². The molecule has 1 aromatic heterocycles. The average Bonchev–Trinajstić information content (AvgIpc) is 2.68. The molecule has 6 nitrogen and oxygen atoms in total. The molecule has 28 heavy (non-hydrogen) atoms. The molecule has 150 valence electrons. The Bertz CT molecular complexity index is 818. The molecule has 0 bridgehead atoms. The van der Waals surface area contributed by atoms with Gasteiger partial charge < -0.3 is 14.5 Å². The summed E-state index contributed by atoms with van der Waals surface area (Å²) in [6, 6.07) is 9.54. The molecular formula is C21H27BrN4O2. The summed E-state index contributed by atoms with van der Waals surface area (Å²) in [6.07, 6.45) is -0.512. The molecule has 1 aromatic carbocycles. The number of halogens is 1. The van der Waals surface area contributed by atoms with Crippen molar-refractivity contribution in [2.45, 2.75) is 39.7 Å². The van der Waals surface area contributed by atoms with Gasteiger partial charge in [0.25, 0.3) is 5.91 Å². The third kappa shape index (κ3) is 5.01. The smallest absolute Gasteiger partial charge is 0.263 e. The van der Waals surface area contributed by atoms with Gasteiger partial charge in [0.15, 0.2) is 6.10 Å². The second kappa shape index (κ2) is 8.90. The number of rotatable bonds is 5. The summed E-state index contributed by atoms with van der Waals surface area (Å²) in [4.78, 5) is 26.1. The number of amides is 1. The fourth-order valence-electron chi connectivity index (χ4n) is 3.18. The van der Waals surface area contributed by atoms with E-state index in [1.54, 1.807) is 6.92 Å². The number of hydrogen-bond acceptors (Lipinski definition) is 5. The maximum absolute atomic E-state index is 12.8. The van der Waals surface area contributed by atoms with Gasteiger partial charge in [0.2, 0.25) is 0 Å². The first-order chi connectivity index (χ1) is 13.3. The zero-order valence-corrected chi connectivity index (χ0v) is 18.4. The fourth-order valence-corrected chi connectivity index (χ4v) is 3.44. The molecule has 0 radical (unpaired) electrons. The Hall–Kier alpha value is -2.15. The Morgan fingerprint density at radius 2 is 1.71 bits per heavy atom. The lowest BCUT2D eigenvalue weighted by Crippen LogP contribution is -2.52. The first-order valence-electron chi connectivity index (χ1n) is 9.65. The number of anilines is 1. The maximum atomic E-state index is 12.8. The zero-order chi connectivity index (χ0) is 20.3. The second-order valence-electron chi connectivity index (χ2n) is 7.41. The van der Waals surface area contributed by atoms with Crippen LogP contribution in [0.25, 0.3) is 0 Å². The molecule has 1 amide bonds. The van der Waals surface area contributed by atoms with Crippen LogP contribution in [0.1, 0.15) is 38.2 Å². The first-order valence-corrected chi connectivity index (χ1v) is 10.4. The van der Waals surface area contributed by atoms with Crippen LogP contribution >= 0.6 is 15.9 Å². The average molecular weight is 447 g/mol. The molecule has 1 fully saturated rings. The second-order valence-corrected chi connectivity index (χ2v) is 8.32. The van der Waals surface area contributed by atoms with Crippen molar-refractivity contribution in [1.82, 2.24) is 14.9 Å². The summed E-state index contributed by atoms with van der Waals surface area (Å²) in [6.45, 7) is 10.8. The predicted octanol–water partition coefficient (Wildman–Crippen LogP) is 3.79. The Morgan fingerprint density at radius 1 is 1.07 bits per heavy atom. The van der Waals surface area contributed by atoms with Gasteiger partial charge >= 0.3 is 0 Å². The van der Waals surface area contributed by atoms with E-state index in [0.717, 1.165) is 34.9 Å². The molecule has 0 N–H and O–H groups in total. The summed E-state index contributed by atoms with van der Waals surface area (Å²) >= 11 is 3.40. The van der Waals surface area contributed by atoms with Gasteiger partial charge in [0.1, 0.15) is 17.4 Å². The third-order valence-corrected chi connectivity index (χ3v) is 5.29. The van der Waals surface area contributed by atoms with E-state index in [1.165, 1.54) is 0 Å². The standard InChI is InChI=1S/C21H27BrN4O2/c1-14(2)20-23-15(3)13-19(24-20)25-9-11-26(12-10-25)21(27)16(4)28-18-7-5-17(22)6-8-18/h5-8,13-14,16H,9-12H2,1-4H3/t16-/m1/s1. The SMILES string of the molecule is Cc1cc(N2CCN(C(=O)[C@@H](C)Oc3ccc(Br)cc3)CC2)nc(C(C)C)n1. The summed E-state index contributed by atoms with van der Waals surface area (Å²) in [7, 11) is 0. The number of piperazine rings is 1. The van der Waals surface area contributed by atoms with Gasteiger partial charge in [-0.3, -0.25) is 4.79 Å². The molecule has 1 atom stereocenters. The van der Waals surface area contributed by atoms with Crippen LogP contribution in [0.2, 0.25) is 0 Å². The van der Waals surface area contributed by atoms with E-state index in [9.17, 15) is 4.79 Å². The van der Waals surface area contributed by atoms with Crippen molar-refractivity contribution in [3.8, 4) is 5.75 Å². The monoisotopic (exact) mass is 446 g/mol. The van der Waals surface area contributed by atoms with Crippen LogP contribution in [0.3, 0.4) is 0 Å². The van der Waals surface area contributed by atoms with Gasteiger partial charge in [-0.25, -0.2) is 9.97 Å². The lowest BCUT2D eigenvalue weighted by molar-refractivity contribution is -0.138. The van der Waals surface area contributed by atoms with E-state index >= 15 is 0 Å². The number of aromatic nitrogens is 2. The molecule has 1 aliphatic heterocycles. The van der Waals surface area contributed by atoms with Crippen molar-refractivity contribution in [3.05, 3.63) is 46.3 Å². The highest BCUT2D eigenvalue weighted by molar-refractivity contribution is 9.10. The Balaban J connectivity index is 1.58. The summed E-state index contributed by atoms with van der Waals surface area (Å²) in [5, 5.41) is 0. The van der Waals surface area contributed by atoms with E-state index in [1.807, 2.05) is 42.2 Å². The normalized spacial score (nSPS) is 15.6. The van der Waals surface area contributed by atoms with E-state index < -0.39 is 6.10 Å². The fraction of sp³-hybridized carbons (Fsp3) is 0.476. The lowest BCUT2D eigenvalue weighted by Gasteiger charge is -2.36. The maximum Gasteiger partial charge on any atom is 0.263 e. The topological polar surface area (TPSA) is 58.6 Å². The molecule has 0 aliphatic carbocycles. The Labute approximate surface area is 175 Å². The van der Waals surface area contributed by atoms with E-state index in [4.69, 9.17) is 9.72 Å². The number of aryl methyl sites for hydroxylation is 1. The van der Waals surface area contributed by atoms with E-state index in [0.29, 0.717) is 18.8 Å². The van der Waals surface area contributed by atoms with Crippen LogP contribution in [0.4, 0.5) is 5.82 Å². The first kappa shape index (κ1) is 20.6. The van der Waals surface area contributed by atoms with Crippen LogP contribution in [-0.4, -0.2) is 53.1 Å². The van der Waals surface area contributed by atoms with Crippen LogP contribution in [0, 0.1) is 6.92 Å². The molecule has 0 unspecified atom stereocenters. The van der Waals surface area contributed by atoms with Gasteiger partial charge in [-0.2, -0.15) is 0 Å². The molecule has 0 saturated carbocycles. The Kier molecular flexibility index (Phi) is 6.54. The van der Waals surface area contributed by atoms with Crippen molar-refractivity contribution in [1.29, 1.82) is 0 Å². The molecule has 7 heteroatoms. The molecule has 2 heterocycles. The number of benzene rings is 1. The number of hydrogen-bond donors (Lipinski definition) is 0. The van der Waals surface area contributed by atoms with Crippen molar-refractivity contribution in [2.75, 3.05) is 31.1 Å². The molecule has 3 rings (SSSR count). The summed E-state index contributed by atoms with van der Waals surface area (Å²) < 4.78 is 6.79. The third-order valence-electron chi connectivity index (χ3n) is 4.76. The molecule has 1 saturated heterocycles. The molecule has 2 aromatic rings. The van der Waals surface area contributed by atoms with Crippen LogP contribution in [0.5, 0.6) is 5.75 Å². The Morgan fingerprint density at radius 3 is 2.32 bits per heavy atom. The van der Waals surface area contributed by atoms with Gasteiger partial charge in [0.05, 0.1) is 0 Å². The summed E-state index contributed by atoms with van der Waals surface area (Å²) in [5.41, 5.74) is 0.976. The van der Waals surface area contributed by atoms with Crippen LogP contribution in [-0.2, 0) is 4.79 Å². The quantitative estimate of drug-likeness (QED) is 0.698. The highest BCUT2D eigenvalue weighted by Gasteiger charge is 2.27. The largest absolute Gasteiger partial charge is 0.481 e. The number of ether oxygens (including phenoxy) is 1. The molecule has 1 aliphatic rings. The van der Waals surface area contributed by atoms with E-state index in [2.05, 4.69) is 39.7 Å². The number of nitrogens with zero attached hydrogens (tertiary/aromatic N) is 4. The predicted molar refractivity (Wildman–Crippen MR) is 114 cm³/mol. The van der Waals surface area contributed by atoms with E-state index in [-0.39, 0.29) is 11.8 Å². The summed E-state index contributed by atoms with van der Waals surface area (Å²) in [5.74, 6) is 2.82. The number of carbonyl (C=O) groups excluding carboxylic acids is 1. The van der Waals surface area contributed by atoms with Crippen molar-refractivity contribution in [2.24, 2.45) is 0 Å². The highest BCUT2D eigenvalue weighted by Crippen LogP contribution is 2.20. The minimum absolute atomic E-state index is 0.0179. The van der Waals surface area contributed by atoms with Gasteiger partial charge in [-0.15, -0.1) is 0 Å². The molecular weight excluding hydrogens is 420 g/mol. The van der Waals surface area contributed by atoms with Crippen LogP contribution < -0.4 is 9.64 Å². The highest BCUT2D eigenvalue weighted by atomic mass is 79.9. The minimum atomic E-state index is -0.512. The lowest BCUT2D eigenvalue weighted by atomic mass is 10.2.